The maximum atomic E-state index is 11.6. The van der Waals surface area contributed by atoms with Gasteiger partial charge in [-0.3, -0.25) is 4.79 Å². The Labute approximate surface area is 105 Å². The van der Waals surface area contributed by atoms with Crippen molar-refractivity contribution in [2.45, 2.75) is 52.1 Å². The van der Waals surface area contributed by atoms with Gasteiger partial charge >= 0.3 is 0 Å². The molecule has 1 amide bonds. The highest BCUT2D eigenvalue weighted by molar-refractivity contribution is 5.81. The van der Waals surface area contributed by atoms with Crippen LogP contribution in [0.5, 0.6) is 0 Å². The maximum Gasteiger partial charge on any atom is 0.237 e. The van der Waals surface area contributed by atoms with Crippen LogP contribution in [-0.4, -0.2) is 49.1 Å². The number of hydrogen-bond donors (Lipinski definition) is 2. The monoisotopic (exact) mass is 241 g/mol. The molecule has 0 aromatic rings. The summed E-state index contributed by atoms with van der Waals surface area (Å²) in [5.41, 5.74) is 0. The summed E-state index contributed by atoms with van der Waals surface area (Å²) in [5.74, 6) is 0.0960. The van der Waals surface area contributed by atoms with Crippen LogP contribution in [0.4, 0.5) is 0 Å². The Balaban J connectivity index is 2.10. The van der Waals surface area contributed by atoms with E-state index < -0.39 is 0 Å². The van der Waals surface area contributed by atoms with Gasteiger partial charge in [-0.15, -0.1) is 0 Å². The lowest BCUT2D eigenvalue weighted by Crippen LogP contribution is -2.47. The van der Waals surface area contributed by atoms with Gasteiger partial charge in [0.05, 0.1) is 6.04 Å². The average molecular weight is 241 g/mol. The Kier molecular flexibility index (Phi) is 6.52. The molecule has 0 saturated carbocycles. The summed E-state index contributed by atoms with van der Waals surface area (Å²) >= 11 is 0. The van der Waals surface area contributed by atoms with E-state index in [1.54, 1.807) is 0 Å². The molecule has 4 heteroatoms. The van der Waals surface area contributed by atoms with E-state index in [0.29, 0.717) is 0 Å². The first-order valence-electron chi connectivity index (χ1n) is 6.85. The molecule has 1 atom stereocenters. The predicted molar refractivity (Wildman–Crippen MR) is 71.0 cm³/mol. The minimum atomic E-state index is -0.0952. The van der Waals surface area contributed by atoms with Crippen molar-refractivity contribution in [2.24, 2.45) is 0 Å². The lowest BCUT2D eigenvalue weighted by atomic mass is 10.1. The van der Waals surface area contributed by atoms with Crippen molar-refractivity contribution in [1.29, 1.82) is 0 Å². The molecule has 17 heavy (non-hydrogen) atoms. The van der Waals surface area contributed by atoms with Gasteiger partial charge < -0.3 is 15.5 Å². The van der Waals surface area contributed by atoms with Crippen LogP contribution >= 0.6 is 0 Å². The smallest absolute Gasteiger partial charge is 0.237 e. The fraction of sp³-hybridized carbons (Fsp3) is 0.923. The van der Waals surface area contributed by atoms with Gasteiger partial charge in [-0.05, 0) is 46.7 Å². The summed E-state index contributed by atoms with van der Waals surface area (Å²) in [7, 11) is 0. The Morgan fingerprint density at radius 1 is 1.18 bits per heavy atom. The van der Waals surface area contributed by atoms with Gasteiger partial charge in [0, 0.05) is 19.1 Å². The third kappa shape index (κ3) is 6.03. The number of amides is 1. The highest BCUT2D eigenvalue weighted by Gasteiger charge is 2.14. The van der Waals surface area contributed by atoms with Crippen LogP contribution in [0, 0.1) is 0 Å². The van der Waals surface area contributed by atoms with Crippen molar-refractivity contribution < 1.29 is 4.79 Å². The highest BCUT2D eigenvalue weighted by atomic mass is 16.2. The standard InChI is InChI=1S/C13H27N3O/c1-11(2)15-13(17)12(3)14-7-10-16-8-5-4-6-9-16/h11-12,14H,4-10H2,1-3H3,(H,15,17). The van der Waals surface area contributed by atoms with Crippen LogP contribution in [0.3, 0.4) is 0 Å². The van der Waals surface area contributed by atoms with Gasteiger partial charge in [0.25, 0.3) is 0 Å². The van der Waals surface area contributed by atoms with Gasteiger partial charge in [0.15, 0.2) is 0 Å². The minimum Gasteiger partial charge on any atom is -0.353 e. The van der Waals surface area contributed by atoms with Crippen molar-refractivity contribution >= 4 is 5.91 Å². The number of carbonyl (C=O) groups excluding carboxylic acids is 1. The maximum absolute atomic E-state index is 11.6. The molecule has 1 heterocycles. The van der Waals surface area contributed by atoms with Crippen molar-refractivity contribution in [3.63, 3.8) is 0 Å². The second kappa shape index (κ2) is 7.67. The number of nitrogens with zero attached hydrogens (tertiary/aromatic N) is 1. The molecule has 100 valence electrons. The molecule has 1 rings (SSSR count). The lowest BCUT2D eigenvalue weighted by Gasteiger charge is -2.27. The third-order valence-corrected chi connectivity index (χ3v) is 3.15. The van der Waals surface area contributed by atoms with Crippen molar-refractivity contribution in [2.75, 3.05) is 26.2 Å². The number of hydrogen-bond acceptors (Lipinski definition) is 3. The van der Waals surface area contributed by atoms with E-state index >= 15 is 0 Å². The Hall–Kier alpha value is -0.610. The molecule has 0 aromatic carbocycles. The Morgan fingerprint density at radius 2 is 1.82 bits per heavy atom. The largest absolute Gasteiger partial charge is 0.353 e. The molecule has 1 aliphatic rings. The van der Waals surface area contributed by atoms with Crippen molar-refractivity contribution in [3.8, 4) is 0 Å². The minimum absolute atomic E-state index is 0.0952. The van der Waals surface area contributed by atoms with Gasteiger partial charge in [-0.25, -0.2) is 0 Å². The first kappa shape index (κ1) is 14.5. The summed E-state index contributed by atoms with van der Waals surface area (Å²) in [6, 6.07) is 0.121. The number of rotatable bonds is 6. The Bertz CT molecular complexity index is 225. The van der Waals surface area contributed by atoms with Crippen LogP contribution in [0.25, 0.3) is 0 Å². The van der Waals surface area contributed by atoms with E-state index in [-0.39, 0.29) is 18.0 Å². The fourth-order valence-corrected chi connectivity index (χ4v) is 2.12. The summed E-state index contributed by atoms with van der Waals surface area (Å²) in [6.45, 7) is 10.3. The summed E-state index contributed by atoms with van der Waals surface area (Å²) in [4.78, 5) is 14.1. The van der Waals surface area contributed by atoms with E-state index in [4.69, 9.17) is 0 Å². The second-order valence-corrected chi connectivity index (χ2v) is 5.24. The summed E-state index contributed by atoms with van der Waals surface area (Å²) in [6.07, 6.45) is 4.02. The predicted octanol–water partition coefficient (Wildman–Crippen LogP) is 0.975. The molecule has 1 aliphatic heterocycles. The zero-order valence-electron chi connectivity index (χ0n) is 11.5. The molecule has 1 saturated heterocycles. The fourth-order valence-electron chi connectivity index (χ4n) is 2.12. The number of carbonyl (C=O) groups is 1. The molecule has 1 unspecified atom stereocenters. The molecular weight excluding hydrogens is 214 g/mol. The van der Waals surface area contributed by atoms with Gasteiger partial charge in [0.2, 0.25) is 5.91 Å². The second-order valence-electron chi connectivity index (χ2n) is 5.24. The van der Waals surface area contributed by atoms with E-state index in [1.165, 1.54) is 32.4 Å². The molecule has 0 bridgehead atoms. The van der Waals surface area contributed by atoms with Crippen LogP contribution in [-0.2, 0) is 4.79 Å². The zero-order chi connectivity index (χ0) is 12.7. The van der Waals surface area contributed by atoms with E-state index in [2.05, 4.69) is 15.5 Å². The van der Waals surface area contributed by atoms with Crippen LogP contribution in [0.15, 0.2) is 0 Å². The van der Waals surface area contributed by atoms with Crippen molar-refractivity contribution in [3.05, 3.63) is 0 Å². The van der Waals surface area contributed by atoms with Crippen LogP contribution < -0.4 is 10.6 Å². The van der Waals surface area contributed by atoms with Crippen LogP contribution in [0.1, 0.15) is 40.0 Å². The van der Waals surface area contributed by atoms with E-state index in [0.717, 1.165) is 13.1 Å². The van der Waals surface area contributed by atoms with Gasteiger partial charge in [0.1, 0.15) is 0 Å². The number of nitrogens with one attached hydrogen (secondary N) is 2. The van der Waals surface area contributed by atoms with E-state index in [1.807, 2.05) is 20.8 Å². The first-order chi connectivity index (χ1) is 8.09. The SMILES string of the molecule is CC(C)NC(=O)C(C)NCCN1CCCCC1. The summed E-state index contributed by atoms with van der Waals surface area (Å²) < 4.78 is 0. The lowest BCUT2D eigenvalue weighted by molar-refractivity contribution is -0.123. The molecule has 1 fully saturated rings. The molecule has 0 spiro atoms. The summed E-state index contributed by atoms with van der Waals surface area (Å²) in [5, 5.41) is 6.20. The first-order valence-corrected chi connectivity index (χ1v) is 6.85. The molecule has 0 radical (unpaired) electrons. The topological polar surface area (TPSA) is 44.4 Å². The average Bonchev–Trinajstić information content (AvgIpc) is 2.29. The molecule has 4 nitrogen and oxygen atoms in total. The normalized spacial score (nSPS) is 19.3. The molecule has 0 aromatic heterocycles. The highest BCUT2D eigenvalue weighted by Crippen LogP contribution is 2.07. The van der Waals surface area contributed by atoms with E-state index in [9.17, 15) is 4.79 Å². The molecule has 0 aliphatic carbocycles. The molecular formula is C13H27N3O. The zero-order valence-corrected chi connectivity index (χ0v) is 11.5. The third-order valence-electron chi connectivity index (χ3n) is 3.15. The number of likely N-dealkylation sites (tertiary alicyclic amines) is 1. The molecule has 2 N–H and O–H groups in total. The number of piperidine rings is 1. The van der Waals surface area contributed by atoms with Crippen LogP contribution in [0.2, 0.25) is 0 Å². The quantitative estimate of drug-likeness (QED) is 0.728. The van der Waals surface area contributed by atoms with Gasteiger partial charge in [-0.2, -0.15) is 0 Å². The van der Waals surface area contributed by atoms with Crippen molar-refractivity contribution in [1.82, 2.24) is 15.5 Å². The van der Waals surface area contributed by atoms with Gasteiger partial charge in [-0.1, -0.05) is 6.42 Å². The Morgan fingerprint density at radius 3 is 2.41 bits per heavy atom.